The number of H-pyrrole nitrogens is 1. The van der Waals surface area contributed by atoms with E-state index in [2.05, 4.69) is 39.4 Å². The lowest BCUT2D eigenvalue weighted by molar-refractivity contribution is 0.782. The second kappa shape index (κ2) is 10.3. The van der Waals surface area contributed by atoms with Crippen LogP contribution in [0.1, 0.15) is 21.1 Å². The molecular weight excluding hydrogens is 493 g/mol. The molecule has 0 amide bonds. The quantitative estimate of drug-likeness (QED) is 0.257. The highest BCUT2D eigenvalue weighted by Crippen LogP contribution is 2.22. The van der Waals surface area contributed by atoms with Crippen molar-refractivity contribution in [2.45, 2.75) is 26.7 Å². The highest BCUT2D eigenvalue weighted by Gasteiger charge is 2.06. The molecule has 0 fully saturated rings. The van der Waals surface area contributed by atoms with Gasteiger partial charge in [-0.05, 0) is 44.0 Å². The summed E-state index contributed by atoms with van der Waals surface area (Å²) in [6.45, 7) is 5.78. The van der Waals surface area contributed by atoms with Gasteiger partial charge >= 0.3 is 0 Å². The maximum absolute atomic E-state index is 6.11. The first-order valence-corrected chi connectivity index (χ1v) is 9.89. The van der Waals surface area contributed by atoms with Gasteiger partial charge in [0, 0.05) is 53.6 Å². The Kier molecular flexibility index (Phi) is 8.37. The lowest BCUT2D eigenvalue weighted by Gasteiger charge is -2.11. The van der Waals surface area contributed by atoms with Crippen molar-refractivity contribution in [3.63, 3.8) is 0 Å². The van der Waals surface area contributed by atoms with Crippen LogP contribution in [0.15, 0.2) is 29.4 Å². The van der Waals surface area contributed by atoms with Gasteiger partial charge in [0.25, 0.3) is 0 Å². The Bertz CT molecular complexity index is 899. The number of nitrogens with one attached hydrogen (secondary N) is 3. The van der Waals surface area contributed by atoms with Gasteiger partial charge in [-0.3, -0.25) is 4.99 Å². The Balaban J connectivity index is 0.00000261. The zero-order valence-corrected chi connectivity index (χ0v) is 19.6. The Hall–Kier alpha value is -1.32. The van der Waals surface area contributed by atoms with E-state index < -0.39 is 0 Å². The average Bonchev–Trinajstić information content (AvgIpc) is 3.16. The van der Waals surface area contributed by atoms with Crippen molar-refractivity contribution in [3.8, 4) is 0 Å². The second-order valence-corrected chi connectivity index (χ2v) is 7.90. The highest BCUT2D eigenvalue weighted by atomic mass is 127. The number of hydrogen-bond acceptors (Lipinski definition) is 3. The molecule has 0 unspecified atom stereocenters. The van der Waals surface area contributed by atoms with E-state index in [9.17, 15) is 0 Å². The van der Waals surface area contributed by atoms with E-state index in [1.54, 1.807) is 18.4 Å². The molecule has 0 aliphatic rings. The Morgan fingerprint density at radius 1 is 1.22 bits per heavy atom. The summed E-state index contributed by atoms with van der Waals surface area (Å²) in [7, 11) is 1.79. The second-order valence-electron chi connectivity index (χ2n) is 6.18. The number of guanidine groups is 1. The molecule has 0 aliphatic heterocycles. The van der Waals surface area contributed by atoms with Gasteiger partial charge in [-0.15, -0.1) is 35.3 Å². The molecule has 146 valence electrons. The number of hydrogen-bond donors (Lipinski definition) is 3. The van der Waals surface area contributed by atoms with E-state index in [0.717, 1.165) is 48.1 Å². The van der Waals surface area contributed by atoms with Gasteiger partial charge in [-0.2, -0.15) is 0 Å². The lowest BCUT2D eigenvalue weighted by atomic mass is 10.1. The number of fused-ring (bicyclic) bond motifs is 1. The Morgan fingerprint density at radius 3 is 2.63 bits per heavy atom. The summed E-state index contributed by atoms with van der Waals surface area (Å²) < 4.78 is 0. The van der Waals surface area contributed by atoms with E-state index >= 15 is 0 Å². The molecule has 2 heterocycles. The van der Waals surface area contributed by atoms with Crippen LogP contribution in [-0.4, -0.2) is 36.1 Å². The summed E-state index contributed by atoms with van der Waals surface area (Å²) in [5, 5.41) is 9.82. The highest BCUT2D eigenvalue weighted by molar-refractivity contribution is 14.0. The third kappa shape index (κ3) is 5.83. The number of aliphatic imine (C=N–C) groups is 1. The molecule has 3 aromatic rings. The number of aromatic nitrogens is 2. The molecule has 5 nitrogen and oxygen atoms in total. The number of aryl methyl sites for hydroxylation is 2. The standard InChI is InChI=1S/C19H24ClN5S.HI/c1-12-13(2)26-18(25-12)7-9-23-19(21-3)22-8-6-14-11-24-17-5-4-15(20)10-16(14)17;/h4-5,10-11,24H,6-9H2,1-3H3,(H2,21,22,23);1H. The molecule has 0 bridgehead atoms. The molecule has 2 aromatic heterocycles. The minimum atomic E-state index is 0. The number of rotatable bonds is 6. The van der Waals surface area contributed by atoms with Crippen molar-refractivity contribution < 1.29 is 0 Å². The number of aromatic amines is 1. The van der Waals surface area contributed by atoms with Crippen molar-refractivity contribution >= 4 is 63.8 Å². The molecule has 3 rings (SSSR count). The first kappa shape index (κ1) is 22.0. The van der Waals surface area contributed by atoms with Crippen molar-refractivity contribution in [1.29, 1.82) is 0 Å². The van der Waals surface area contributed by atoms with Gasteiger partial charge in [0.1, 0.15) is 0 Å². The summed E-state index contributed by atoms with van der Waals surface area (Å²) in [6.07, 6.45) is 3.85. The lowest BCUT2D eigenvalue weighted by Crippen LogP contribution is -2.39. The van der Waals surface area contributed by atoms with Gasteiger partial charge in [-0.1, -0.05) is 11.6 Å². The SMILES string of the molecule is CN=C(NCCc1nc(C)c(C)s1)NCCc1c[nH]c2ccc(Cl)cc12.I. The normalized spacial score (nSPS) is 11.5. The van der Waals surface area contributed by atoms with E-state index in [-0.39, 0.29) is 24.0 Å². The molecule has 0 aliphatic carbocycles. The van der Waals surface area contributed by atoms with Crippen LogP contribution in [-0.2, 0) is 12.8 Å². The molecule has 27 heavy (non-hydrogen) atoms. The maximum atomic E-state index is 6.11. The van der Waals surface area contributed by atoms with Crippen LogP contribution in [0.25, 0.3) is 10.9 Å². The number of nitrogens with zero attached hydrogens (tertiary/aromatic N) is 2. The summed E-state index contributed by atoms with van der Waals surface area (Å²) in [5.41, 5.74) is 3.49. The fourth-order valence-electron chi connectivity index (χ4n) is 2.83. The van der Waals surface area contributed by atoms with E-state index in [1.807, 2.05) is 24.4 Å². The third-order valence-corrected chi connectivity index (χ3v) is 5.71. The van der Waals surface area contributed by atoms with Crippen molar-refractivity contribution in [1.82, 2.24) is 20.6 Å². The fourth-order valence-corrected chi connectivity index (χ4v) is 3.93. The van der Waals surface area contributed by atoms with Crippen LogP contribution < -0.4 is 10.6 Å². The number of benzene rings is 1. The minimum Gasteiger partial charge on any atom is -0.361 e. The Morgan fingerprint density at radius 2 is 1.96 bits per heavy atom. The van der Waals surface area contributed by atoms with E-state index in [0.29, 0.717) is 0 Å². The van der Waals surface area contributed by atoms with Crippen LogP contribution in [0.5, 0.6) is 0 Å². The maximum Gasteiger partial charge on any atom is 0.191 e. The van der Waals surface area contributed by atoms with Gasteiger partial charge in [-0.25, -0.2) is 4.98 Å². The van der Waals surface area contributed by atoms with Gasteiger partial charge in [0.05, 0.1) is 10.7 Å². The van der Waals surface area contributed by atoms with Gasteiger partial charge in [0.2, 0.25) is 0 Å². The first-order valence-electron chi connectivity index (χ1n) is 8.69. The van der Waals surface area contributed by atoms with Crippen LogP contribution in [0.4, 0.5) is 0 Å². The van der Waals surface area contributed by atoms with Gasteiger partial charge in [0.15, 0.2) is 5.96 Å². The topological polar surface area (TPSA) is 65.1 Å². The zero-order valence-electron chi connectivity index (χ0n) is 15.7. The fraction of sp³-hybridized carbons (Fsp3) is 0.368. The molecule has 3 N–H and O–H groups in total. The van der Waals surface area contributed by atoms with Crippen LogP contribution in [0.2, 0.25) is 5.02 Å². The largest absolute Gasteiger partial charge is 0.361 e. The molecule has 8 heteroatoms. The number of halogens is 2. The third-order valence-electron chi connectivity index (χ3n) is 4.34. The first-order chi connectivity index (χ1) is 12.6. The van der Waals surface area contributed by atoms with Crippen molar-refractivity contribution in [2.24, 2.45) is 4.99 Å². The van der Waals surface area contributed by atoms with Crippen molar-refractivity contribution in [3.05, 3.63) is 50.6 Å². The molecular formula is C19H25ClIN5S. The number of thiazole rings is 1. The molecule has 0 spiro atoms. The van der Waals surface area contributed by atoms with Crippen LogP contribution in [0.3, 0.4) is 0 Å². The van der Waals surface area contributed by atoms with Crippen LogP contribution >= 0.6 is 46.9 Å². The summed E-state index contributed by atoms with van der Waals surface area (Å²) in [4.78, 5) is 13.4. The monoisotopic (exact) mass is 517 g/mol. The van der Waals surface area contributed by atoms with E-state index in [4.69, 9.17) is 11.6 Å². The summed E-state index contributed by atoms with van der Waals surface area (Å²) in [6, 6.07) is 5.92. The molecule has 0 atom stereocenters. The summed E-state index contributed by atoms with van der Waals surface area (Å²) >= 11 is 7.88. The zero-order chi connectivity index (χ0) is 18.5. The molecule has 0 radical (unpaired) electrons. The minimum absolute atomic E-state index is 0. The van der Waals surface area contributed by atoms with Crippen molar-refractivity contribution in [2.75, 3.05) is 20.1 Å². The van der Waals surface area contributed by atoms with Crippen LogP contribution in [0, 0.1) is 13.8 Å². The molecule has 0 saturated heterocycles. The predicted molar refractivity (Wildman–Crippen MR) is 127 cm³/mol. The smallest absolute Gasteiger partial charge is 0.191 e. The molecule has 0 saturated carbocycles. The predicted octanol–water partition coefficient (Wildman–Crippen LogP) is 4.46. The molecule has 1 aromatic carbocycles. The summed E-state index contributed by atoms with van der Waals surface area (Å²) in [5.74, 6) is 0.813. The van der Waals surface area contributed by atoms with E-state index in [1.165, 1.54) is 20.8 Å². The average molecular weight is 518 g/mol. The van der Waals surface area contributed by atoms with Gasteiger partial charge < -0.3 is 15.6 Å². The Labute approximate surface area is 186 Å².